The number of ether oxygens (including phenoxy) is 5. The van der Waals surface area contributed by atoms with Gasteiger partial charge in [0.15, 0.2) is 23.0 Å². The Bertz CT molecular complexity index is 1520. The summed E-state index contributed by atoms with van der Waals surface area (Å²) in [4.78, 5) is 13.2. The van der Waals surface area contributed by atoms with Crippen molar-refractivity contribution in [3.05, 3.63) is 93.9 Å². The van der Waals surface area contributed by atoms with Gasteiger partial charge in [0.05, 0.1) is 25.2 Å². The summed E-state index contributed by atoms with van der Waals surface area (Å²) < 4.78 is 33.9. The number of hydrogen-bond acceptors (Lipinski definition) is 7. The molecule has 3 aromatic carbocycles. The summed E-state index contributed by atoms with van der Waals surface area (Å²) in [5.41, 5.74) is 2.09. The molecule has 6 rings (SSSR count). The summed E-state index contributed by atoms with van der Waals surface area (Å²) in [5, 5.41) is 0.717. The number of methoxy groups -OCH3 is 2. The van der Waals surface area contributed by atoms with E-state index in [-0.39, 0.29) is 6.79 Å². The molecule has 0 spiro atoms. The lowest BCUT2D eigenvalue weighted by atomic mass is 9.87. The molecule has 34 heavy (non-hydrogen) atoms. The quantitative estimate of drug-likeness (QED) is 0.395. The van der Waals surface area contributed by atoms with Gasteiger partial charge in [-0.05, 0) is 54.1 Å². The second-order valence-corrected chi connectivity index (χ2v) is 7.92. The Kier molecular flexibility index (Phi) is 4.69. The largest absolute Gasteiger partial charge is 0.493 e. The number of fused-ring (bicyclic) bond motifs is 4. The fourth-order valence-electron chi connectivity index (χ4n) is 4.41. The molecule has 2 aliphatic heterocycles. The predicted octanol–water partition coefficient (Wildman–Crippen LogP) is 5.10. The molecule has 0 aliphatic carbocycles. The third-order valence-electron chi connectivity index (χ3n) is 6.06. The first-order chi connectivity index (χ1) is 16.7. The van der Waals surface area contributed by atoms with Crippen LogP contribution in [-0.2, 0) is 0 Å². The van der Waals surface area contributed by atoms with Gasteiger partial charge in [0, 0.05) is 11.5 Å². The van der Waals surface area contributed by atoms with E-state index in [1.54, 1.807) is 20.3 Å². The molecule has 0 fully saturated rings. The molecule has 2 aliphatic rings. The Morgan fingerprint density at radius 2 is 1.71 bits per heavy atom. The van der Waals surface area contributed by atoms with E-state index in [2.05, 4.69) is 0 Å². The van der Waals surface area contributed by atoms with Crippen molar-refractivity contribution in [2.24, 2.45) is 0 Å². The van der Waals surface area contributed by atoms with Gasteiger partial charge in [-0.1, -0.05) is 18.2 Å². The highest BCUT2D eigenvalue weighted by molar-refractivity contribution is 5.87. The van der Waals surface area contributed by atoms with Crippen molar-refractivity contribution in [2.45, 2.75) is 5.92 Å². The lowest BCUT2D eigenvalue weighted by molar-refractivity contribution is 0.174. The van der Waals surface area contributed by atoms with Crippen LogP contribution in [0.5, 0.6) is 28.7 Å². The summed E-state index contributed by atoms with van der Waals surface area (Å²) in [7, 11) is 3.17. The topological polar surface area (TPSA) is 76.4 Å². The molecule has 3 heterocycles. The van der Waals surface area contributed by atoms with Crippen LogP contribution in [0.15, 0.2) is 76.0 Å². The molecule has 1 aromatic heterocycles. The van der Waals surface area contributed by atoms with Gasteiger partial charge >= 0.3 is 5.63 Å². The van der Waals surface area contributed by atoms with Gasteiger partial charge in [-0.25, -0.2) is 4.79 Å². The van der Waals surface area contributed by atoms with E-state index >= 15 is 0 Å². The minimum absolute atomic E-state index is 0.169. The Morgan fingerprint density at radius 1 is 0.882 bits per heavy atom. The normalized spacial score (nSPS) is 15.9. The van der Waals surface area contributed by atoms with Crippen LogP contribution < -0.4 is 29.3 Å². The van der Waals surface area contributed by atoms with Crippen molar-refractivity contribution in [3.63, 3.8) is 0 Å². The highest BCUT2D eigenvalue weighted by Gasteiger charge is 2.31. The molecular weight excluding hydrogens is 436 g/mol. The van der Waals surface area contributed by atoms with Crippen molar-refractivity contribution in [2.75, 3.05) is 21.0 Å². The van der Waals surface area contributed by atoms with Crippen LogP contribution in [0.4, 0.5) is 0 Å². The van der Waals surface area contributed by atoms with Gasteiger partial charge < -0.3 is 28.1 Å². The van der Waals surface area contributed by atoms with E-state index in [4.69, 9.17) is 28.1 Å². The average molecular weight is 456 g/mol. The maximum atomic E-state index is 13.2. The fraction of sp³-hybridized carbons (Fsp3) is 0.148. The summed E-state index contributed by atoms with van der Waals surface area (Å²) in [5.74, 6) is 3.13. The van der Waals surface area contributed by atoms with Crippen molar-refractivity contribution in [1.29, 1.82) is 0 Å². The number of rotatable bonds is 4. The van der Waals surface area contributed by atoms with Crippen LogP contribution in [0.2, 0.25) is 0 Å². The second-order valence-electron chi connectivity index (χ2n) is 7.92. The van der Waals surface area contributed by atoms with Crippen molar-refractivity contribution >= 4 is 16.7 Å². The third-order valence-corrected chi connectivity index (χ3v) is 6.06. The van der Waals surface area contributed by atoms with Crippen LogP contribution in [0, 0.1) is 0 Å². The van der Waals surface area contributed by atoms with E-state index in [0.29, 0.717) is 51.0 Å². The molecule has 0 N–H and O–H groups in total. The van der Waals surface area contributed by atoms with Crippen LogP contribution in [0.1, 0.15) is 22.6 Å². The lowest BCUT2D eigenvalue weighted by Crippen LogP contribution is -2.19. The molecule has 0 radical (unpaired) electrons. The van der Waals surface area contributed by atoms with Gasteiger partial charge in [-0.3, -0.25) is 0 Å². The molecule has 4 aromatic rings. The monoisotopic (exact) mass is 456 g/mol. The zero-order valence-electron chi connectivity index (χ0n) is 18.5. The Labute approximate surface area is 194 Å². The predicted molar refractivity (Wildman–Crippen MR) is 125 cm³/mol. The Morgan fingerprint density at radius 3 is 2.56 bits per heavy atom. The first-order valence-electron chi connectivity index (χ1n) is 10.7. The highest BCUT2D eigenvalue weighted by Crippen LogP contribution is 2.45. The van der Waals surface area contributed by atoms with Gasteiger partial charge in [0.1, 0.15) is 17.1 Å². The minimum atomic E-state index is -0.445. The molecule has 170 valence electrons. The summed E-state index contributed by atoms with van der Waals surface area (Å²) in [6.07, 6.45) is 1.91. The van der Waals surface area contributed by atoms with Crippen LogP contribution in [-0.4, -0.2) is 21.0 Å². The number of hydrogen-bond donors (Lipinski definition) is 0. The summed E-state index contributed by atoms with van der Waals surface area (Å²) in [6.45, 7) is 0.169. The van der Waals surface area contributed by atoms with Crippen molar-refractivity contribution < 1.29 is 28.1 Å². The molecule has 0 amide bonds. The van der Waals surface area contributed by atoms with Crippen molar-refractivity contribution in [1.82, 2.24) is 0 Å². The molecule has 0 saturated heterocycles. The molecular formula is C27H20O7. The van der Waals surface area contributed by atoms with Crippen LogP contribution in [0.25, 0.3) is 16.7 Å². The molecule has 7 heteroatoms. The first kappa shape index (κ1) is 20.2. The van der Waals surface area contributed by atoms with E-state index in [1.165, 1.54) is 0 Å². The number of para-hydroxylation sites is 1. The van der Waals surface area contributed by atoms with E-state index in [1.807, 2.05) is 60.7 Å². The van der Waals surface area contributed by atoms with Crippen LogP contribution >= 0.6 is 0 Å². The Balaban J connectivity index is 1.58. The molecule has 7 nitrogen and oxygen atoms in total. The standard InChI is InChI=1S/C27H20O7/c1-29-20-9-8-16(12-23(20)30-2)22-13-18(15-7-10-21-24(11-15)32-14-31-21)25-26(33-22)17-5-3-4-6-19(17)34-27(25)28/h3-13,18H,14H2,1-2H3/t18-/m1/s1. The summed E-state index contributed by atoms with van der Waals surface area (Å²) >= 11 is 0. The molecule has 1 atom stereocenters. The second kappa shape index (κ2) is 7.88. The van der Waals surface area contributed by atoms with E-state index < -0.39 is 11.5 Å². The van der Waals surface area contributed by atoms with Gasteiger partial charge in [0.25, 0.3) is 0 Å². The van der Waals surface area contributed by atoms with Gasteiger partial charge in [-0.15, -0.1) is 0 Å². The SMILES string of the molecule is COc1ccc(C2=C[C@H](c3ccc4c(c3)OCO4)c3c(c4ccccc4oc3=O)O2)cc1OC. The fourth-order valence-corrected chi connectivity index (χ4v) is 4.41. The van der Waals surface area contributed by atoms with Gasteiger partial charge in [-0.2, -0.15) is 0 Å². The van der Waals surface area contributed by atoms with Crippen molar-refractivity contribution in [3.8, 4) is 28.7 Å². The third kappa shape index (κ3) is 3.16. The van der Waals surface area contributed by atoms with Crippen LogP contribution in [0.3, 0.4) is 0 Å². The lowest BCUT2D eigenvalue weighted by Gasteiger charge is -2.25. The molecule has 0 unspecified atom stereocenters. The van der Waals surface area contributed by atoms with E-state index in [9.17, 15) is 4.79 Å². The maximum Gasteiger partial charge on any atom is 0.344 e. The zero-order valence-corrected chi connectivity index (χ0v) is 18.5. The molecule has 0 saturated carbocycles. The average Bonchev–Trinajstić information content (AvgIpc) is 3.35. The smallest absolute Gasteiger partial charge is 0.344 e. The zero-order chi connectivity index (χ0) is 23.2. The summed E-state index contributed by atoms with van der Waals surface area (Å²) in [6, 6.07) is 18.6. The first-order valence-corrected chi connectivity index (χ1v) is 10.7. The Hall–Kier alpha value is -4.39. The van der Waals surface area contributed by atoms with Gasteiger partial charge in [0.2, 0.25) is 6.79 Å². The number of allylic oxidation sites excluding steroid dienone is 1. The highest BCUT2D eigenvalue weighted by atomic mass is 16.7. The molecule has 0 bridgehead atoms. The number of benzene rings is 3. The van der Waals surface area contributed by atoms with E-state index in [0.717, 1.165) is 11.1 Å². The maximum absolute atomic E-state index is 13.2. The minimum Gasteiger partial charge on any atom is -0.493 e.